The lowest BCUT2D eigenvalue weighted by Gasteiger charge is -2.36. The third kappa shape index (κ3) is 4.56. The number of ketones is 1. The van der Waals surface area contributed by atoms with Gasteiger partial charge in [-0.25, -0.2) is 4.98 Å². The molecule has 4 rings (SSSR count). The van der Waals surface area contributed by atoms with Crippen molar-refractivity contribution >= 4 is 29.1 Å². The van der Waals surface area contributed by atoms with Crippen LogP contribution in [0, 0.1) is 0 Å². The number of aromatic nitrogens is 1. The highest BCUT2D eigenvalue weighted by atomic mass is 32.2. The lowest BCUT2D eigenvalue weighted by Crippen LogP contribution is -2.49. The molecular weight excluding hydrogens is 386 g/mol. The van der Waals surface area contributed by atoms with E-state index in [-0.39, 0.29) is 17.8 Å². The number of benzene rings is 1. The van der Waals surface area contributed by atoms with E-state index < -0.39 is 0 Å². The van der Waals surface area contributed by atoms with E-state index >= 15 is 0 Å². The molecule has 0 bridgehead atoms. The normalized spacial score (nSPS) is 19.3. The van der Waals surface area contributed by atoms with Crippen LogP contribution in [0.5, 0.6) is 5.88 Å². The van der Waals surface area contributed by atoms with Gasteiger partial charge in [-0.2, -0.15) is 11.8 Å². The Kier molecular flexibility index (Phi) is 6.04. The molecule has 3 heterocycles. The average Bonchev–Trinajstić information content (AvgIpc) is 3.27. The van der Waals surface area contributed by atoms with Gasteiger partial charge < -0.3 is 14.5 Å². The number of Topliss-reactive ketones (excluding diaryl/α,β-unsaturated/α-hetero) is 1. The van der Waals surface area contributed by atoms with Crippen LogP contribution in [-0.4, -0.2) is 65.4 Å². The van der Waals surface area contributed by atoms with Gasteiger partial charge in [0.1, 0.15) is 11.7 Å². The number of rotatable bonds is 5. The van der Waals surface area contributed by atoms with E-state index in [1.807, 2.05) is 40.9 Å². The van der Waals surface area contributed by atoms with Crippen LogP contribution in [0.1, 0.15) is 34.1 Å². The predicted molar refractivity (Wildman–Crippen MR) is 115 cm³/mol. The molecule has 1 atom stereocenters. The molecule has 0 N–H and O–H groups in total. The Morgan fingerprint density at radius 1 is 1.10 bits per heavy atom. The minimum atomic E-state index is -0.0228. The summed E-state index contributed by atoms with van der Waals surface area (Å²) >= 11 is 1.87. The third-order valence-corrected chi connectivity index (χ3v) is 6.51. The molecular formula is C22H25N3O3S. The summed E-state index contributed by atoms with van der Waals surface area (Å²) in [6.07, 6.45) is 2.81. The molecule has 2 aliphatic heterocycles. The molecule has 1 unspecified atom stereocenters. The van der Waals surface area contributed by atoms with Crippen LogP contribution in [0.2, 0.25) is 0 Å². The van der Waals surface area contributed by atoms with Crippen molar-refractivity contribution < 1.29 is 14.3 Å². The van der Waals surface area contributed by atoms with E-state index in [4.69, 9.17) is 4.74 Å². The van der Waals surface area contributed by atoms with E-state index in [0.29, 0.717) is 30.1 Å². The van der Waals surface area contributed by atoms with Gasteiger partial charge in [-0.15, -0.1) is 0 Å². The number of thioether (sulfide) groups is 1. The summed E-state index contributed by atoms with van der Waals surface area (Å²) in [7, 11) is 0. The molecule has 2 aliphatic rings. The minimum Gasteiger partial charge on any atom is -0.473 e. The molecule has 0 radical (unpaired) electrons. The lowest BCUT2D eigenvalue weighted by atomic mass is 10.1. The Morgan fingerprint density at radius 3 is 2.52 bits per heavy atom. The molecule has 1 amide bonds. The van der Waals surface area contributed by atoms with Crippen LogP contribution < -0.4 is 9.64 Å². The number of pyridine rings is 1. The monoisotopic (exact) mass is 411 g/mol. The van der Waals surface area contributed by atoms with E-state index in [1.54, 1.807) is 25.3 Å². The fourth-order valence-corrected chi connectivity index (χ4v) is 4.75. The van der Waals surface area contributed by atoms with E-state index in [1.165, 1.54) is 0 Å². The van der Waals surface area contributed by atoms with E-state index in [2.05, 4.69) is 9.88 Å². The van der Waals surface area contributed by atoms with Gasteiger partial charge >= 0.3 is 0 Å². The minimum absolute atomic E-state index is 0.0228. The van der Waals surface area contributed by atoms with E-state index in [9.17, 15) is 9.59 Å². The van der Waals surface area contributed by atoms with Gasteiger partial charge in [0, 0.05) is 49.4 Å². The van der Waals surface area contributed by atoms with Crippen molar-refractivity contribution in [3.05, 3.63) is 53.7 Å². The summed E-state index contributed by atoms with van der Waals surface area (Å²) in [4.78, 5) is 33.0. The Labute approximate surface area is 175 Å². The molecule has 1 aromatic heterocycles. The molecule has 7 heteroatoms. The smallest absolute Gasteiger partial charge is 0.259 e. The summed E-state index contributed by atoms with van der Waals surface area (Å²) in [6, 6.07) is 11.3. The van der Waals surface area contributed by atoms with Gasteiger partial charge in [0.2, 0.25) is 5.88 Å². The van der Waals surface area contributed by atoms with Crippen molar-refractivity contribution in [2.45, 2.75) is 19.4 Å². The van der Waals surface area contributed by atoms with Crippen molar-refractivity contribution in [3.8, 4) is 5.88 Å². The van der Waals surface area contributed by atoms with Gasteiger partial charge in [0.05, 0.1) is 0 Å². The summed E-state index contributed by atoms with van der Waals surface area (Å²) in [5.74, 6) is 2.54. The van der Waals surface area contributed by atoms with E-state index in [0.717, 1.165) is 36.7 Å². The predicted octanol–water partition coefficient (Wildman–Crippen LogP) is 3.13. The Hall–Kier alpha value is -2.54. The van der Waals surface area contributed by atoms with Crippen molar-refractivity contribution in [2.75, 3.05) is 42.6 Å². The van der Waals surface area contributed by atoms with Gasteiger partial charge in [0.15, 0.2) is 5.78 Å². The standard InChI is InChI=1S/C22H25N3O3S/c1-16(26)17-4-6-18(7-5-17)24-10-12-25(13-11-24)22(27)20-3-2-9-23-21(20)28-19-8-14-29-15-19/h2-7,9,19H,8,10-15H2,1H3. The largest absolute Gasteiger partial charge is 0.473 e. The fourth-order valence-electron chi connectivity index (χ4n) is 3.66. The van der Waals surface area contributed by atoms with Crippen molar-refractivity contribution in [2.24, 2.45) is 0 Å². The van der Waals surface area contributed by atoms with Crippen molar-refractivity contribution in [1.82, 2.24) is 9.88 Å². The SMILES string of the molecule is CC(=O)c1ccc(N2CCN(C(=O)c3cccnc3OC3CCSC3)CC2)cc1. The second-order valence-electron chi connectivity index (χ2n) is 7.34. The number of hydrogen-bond acceptors (Lipinski definition) is 6. The second kappa shape index (κ2) is 8.86. The number of hydrogen-bond donors (Lipinski definition) is 0. The third-order valence-electron chi connectivity index (χ3n) is 5.37. The maximum absolute atomic E-state index is 13.1. The second-order valence-corrected chi connectivity index (χ2v) is 8.49. The molecule has 2 fully saturated rings. The number of carbonyl (C=O) groups excluding carboxylic acids is 2. The number of carbonyl (C=O) groups is 2. The summed E-state index contributed by atoms with van der Waals surface area (Å²) < 4.78 is 6.02. The molecule has 0 aliphatic carbocycles. The van der Waals surface area contributed by atoms with Gasteiger partial charge in [0.25, 0.3) is 5.91 Å². The molecule has 1 aromatic carbocycles. The fraction of sp³-hybridized carbons (Fsp3) is 0.409. The number of ether oxygens (including phenoxy) is 1. The van der Waals surface area contributed by atoms with Crippen molar-refractivity contribution in [1.29, 1.82) is 0 Å². The molecule has 0 saturated carbocycles. The number of amides is 1. The summed E-state index contributed by atoms with van der Waals surface area (Å²) in [5.41, 5.74) is 2.34. The molecule has 2 aromatic rings. The molecule has 2 saturated heterocycles. The first kappa shape index (κ1) is 19.8. The lowest BCUT2D eigenvalue weighted by molar-refractivity contribution is 0.0738. The van der Waals surface area contributed by atoms with Crippen LogP contribution in [0.4, 0.5) is 5.69 Å². The van der Waals surface area contributed by atoms with Gasteiger partial charge in [-0.05, 0) is 55.5 Å². The van der Waals surface area contributed by atoms with Crippen LogP contribution in [-0.2, 0) is 0 Å². The average molecular weight is 412 g/mol. The Balaban J connectivity index is 1.39. The highest BCUT2D eigenvalue weighted by Crippen LogP contribution is 2.25. The number of piperazine rings is 1. The number of anilines is 1. The zero-order valence-electron chi connectivity index (χ0n) is 16.5. The first-order valence-electron chi connectivity index (χ1n) is 9.96. The zero-order valence-corrected chi connectivity index (χ0v) is 17.4. The Bertz CT molecular complexity index is 873. The summed E-state index contributed by atoms with van der Waals surface area (Å²) in [5, 5.41) is 0. The van der Waals surface area contributed by atoms with Crippen LogP contribution >= 0.6 is 11.8 Å². The first-order chi connectivity index (χ1) is 14.1. The molecule has 0 spiro atoms. The first-order valence-corrected chi connectivity index (χ1v) is 11.1. The summed E-state index contributed by atoms with van der Waals surface area (Å²) in [6.45, 7) is 4.35. The maximum atomic E-state index is 13.1. The topological polar surface area (TPSA) is 62.7 Å². The quantitative estimate of drug-likeness (QED) is 0.705. The van der Waals surface area contributed by atoms with Gasteiger partial charge in [-0.1, -0.05) is 0 Å². The van der Waals surface area contributed by atoms with Gasteiger partial charge in [-0.3, -0.25) is 9.59 Å². The van der Waals surface area contributed by atoms with Crippen LogP contribution in [0.25, 0.3) is 0 Å². The zero-order chi connectivity index (χ0) is 20.2. The van der Waals surface area contributed by atoms with Crippen molar-refractivity contribution in [3.63, 3.8) is 0 Å². The maximum Gasteiger partial charge on any atom is 0.259 e. The van der Waals surface area contributed by atoms with Crippen LogP contribution in [0.3, 0.4) is 0 Å². The molecule has 6 nitrogen and oxygen atoms in total. The Morgan fingerprint density at radius 2 is 1.86 bits per heavy atom. The highest BCUT2D eigenvalue weighted by Gasteiger charge is 2.27. The van der Waals surface area contributed by atoms with Crippen LogP contribution in [0.15, 0.2) is 42.6 Å². The molecule has 29 heavy (non-hydrogen) atoms. The molecule has 152 valence electrons. The highest BCUT2D eigenvalue weighted by molar-refractivity contribution is 7.99. The number of nitrogens with zero attached hydrogens (tertiary/aromatic N) is 3.